The van der Waals surface area contributed by atoms with E-state index in [2.05, 4.69) is 10.1 Å². The van der Waals surface area contributed by atoms with Gasteiger partial charge in [0.25, 0.3) is 0 Å². The van der Waals surface area contributed by atoms with Crippen molar-refractivity contribution in [3.63, 3.8) is 0 Å². The zero-order valence-corrected chi connectivity index (χ0v) is 13.7. The lowest BCUT2D eigenvalue weighted by atomic mass is 10.1. The summed E-state index contributed by atoms with van der Waals surface area (Å²) in [6.45, 7) is 1.44. The van der Waals surface area contributed by atoms with E-state index in [0.29, 0.717) is 20.8 Å². The van der Waals surface area contributed by atoms with E-state index in [1.54, 1.807) is 30.3 Å². The number of carboxylic acids is 1. The van der Waals surface area contributed by atoms with Gasteiger partial charge in [-0.1, -0.05) is 41.7 Å². The zero-order chi connectivity index (χ0) is 18.2. The van der Waals surface area contributed by atoms with E-state index in [-0.39, 0.29) is 10.8 Å². The highest BCUT2D eigenvalue weighted by atomic mass is 32.1. The first-order valence-corrected chi connectivity index (χ1v) is 7.96. The average molecular weight is 366 g/mol. The Labute approximate surface area is 144 Å². The van der Waals surface area contributed by atoms with E-state index in [1.807, 2.05) is 0 Å². The first kappa shape index (κ1) is 17.2. The Kier molecular flexibility index (Phi) is 4.34. The molecule has 0 amide bonds. The van der Waals surface area contributed by atoms with Crippen LogP contribution in [0.2, 0.25) is 0 Å². The fourth-order valence-corrected chi connectivity index (χ4v) is 3.38. The molecule has 0 spiro atoms. The van der Waals surface area contributed by atoms with Crippen molar-refractivity contribution in [2.24, 2.45) is 0 Å². The van der Waals surface area contributed by atoms with Crippen molar-refractivity contribution in [2.45, 2.75) is 19.5 Å². The number of nitrogens with zero attached hydrogens (tertiary/aromatic N) is 3. The largest absolute Gasteiger partial charge is 0.550 e. The third-order valence-electron chi connectivity index (χ3n) is 3.34. The van der Waals surface area contributed by atoms with E-state index in [9.17, 15) is 23.1 Å². The molecule has 0 saturated carbocycles. The van der Waals surface area contributed by atoms with Crippen molar-refractivity contribution < 1.29 is 23.1 Å². The van der Waals surface area contributed by atoms with Crippen LogP contribution in [0.1, 0.15) is 16.3 Å². The maximum Gasteiger partial charge on any atom is 0.433 e. The Balaban J connectivity index is 2.16. The molecule has 0 fully saturated rings. The minimum Gasteiger partial charge on any atom is -0.550 e. The number of alkyl halides is 3. The summed E-state index contributed by atoms with van der Waals surface area (Å²) < 4.78 is 40.3. The Morgan fingerprint density at radius 2 is 1.96 bits per heavy atom. The van der Waals surface area contributed by atoms with Gasteiger partial charge >= 0.3 is 6.18 Å². The molecule has 0 saturated heterocycles. The van der Waals surface area contributed by atoms with Crippen molar-refractivity contribution in [2.75, 3.05) is 0 Å². The summed E-state index contributed by atoms with van der Waals surface area (Å²) in [5.74, 6) is -1.33. The number of aryl methyl sites for hydroxylation is 1. The molecule has 0 aliphatic carbocycles. The fourth-order valence-electron chi connectivity index (χ4n) is 2.35. The summed E-state index contributed by atoms with van der Waals surface area (Å²) in [5, 5.41) is 14.8. The number of carbonyl (C=O) groups is 1. The van der Waals surface area contributed by atoms with Crippen LogP contribution in [0.4, 0.5) is 13.2 Å². The van der Waals surface area contributed by atoms with Crippen molar-refractivity contribution >= 4 is 17.3 Å². The number of aromatic nitrogens is 3. The van der Waals surface area contributed by atoms with Gasteiger partial charge in [-0.2, -0.15) is 18.3 Å². The average Bonchev–Trinajstić information content (AvgIpc) is 3.11. The molecular formula is C16H11F3N3O2S-. The normalized spacial score (nSPS) is 11.7. The highest BCUT2D eigenvalue weighted by molar-refractivity contribution is 7.14. The molecule has 2 aromatic heterocycles. The third-order valence-corrected chi connectivity index (χ3v) is 4.37. The number of rotatable bonds is 4. The molecule has 0 atom stereocenters. The fraction of sp³-hybridized carbons (Fsp3) is 0.188. The van der Waals surface area contributed by atoms with Gasteiger partial charge in [-0.05, 0) is 13.0 Å². The van der Waals surface area contributed by atoms with Gasteiger partial charge in [-0.25, -0.2) is 9.67 Å². The molecule has 0 unspecified atom stereocenters. The number of hydrogen-bond donors (Lipinski definition) is 0. The van der Waals surface area contributed by atoms with E-state index < -0.39 is 24.3 Å². The molecule has 0 aliphatic heterocycles. The number of carbonyl (C=O) groups excluding carboxylic acids is 1. The first-order valence-electron chi connectivity index (χ1n) is 7.15. The highest BCUT2D eigenvalue weighted by Crippen LogP contribution is 2.35. The molecule has 130 valence electrons. The summed E-state index contributed by atoms with van der Waals surface area (Å²) >= 11 is 0.848. The zero-order valence-electron chi connectivity index (χ0n) is 12.9. The van der Waals surface area contributed by atoms with Gasteiger partial charge in [0, 0.05) is 22.8 Å². The number of carboxylic acid groups (broad SMARTS) is 1. The van der Waals surface area contributed by atoms with Crippen LogP contribution in [0, 0.1) is 6.92 Å². The van der Waals surface area contributed by atoms with Crippen LogP contribution in [0.25, 0.3) is 16.4 Å². The van der Waals surface area contributed by atoms with Crippen molar-refractivity contribution in [3.8, 4) is 16.4 Å². The molecule has 3 aromatic rings. The first-order chi connectivity index (χ1) is 11.8. The molecule has 0 bridgehead atoms. The smallest absolute Gasteiger partial charge is 0.433 e. The number of halogens is 3. The second kappa shape index (κ2) is 6.32. The van der Waals surface area contributed by atoms with Crippen LogP contribution in [0.3, 0.4) is 0 Å². The van der Waals surface area contributed by atoms with E-state index in [1.165, 1.54) is 6.92 Å². The quantitative estimate of drug-likeness (QED) is 0.712. The van der Waals surface area contributed by atoms with Gasteiger partial charge in [0.1, 0.15) is 0 Å². The molecule has 3 rings (SSSR count). The van der Waals surface area contributed by atoms with Gasteiger partial charge in [-0.3, -0.25) is 0 Å². The lowest BCUT2D eigenvalue weighted by molar-refractivity contribution is -0.304. The second-order valence-corrected chi connectivity index (χ2v) is 6.33. The molecule has 0 aliphatic rings. The van der Waals surface area contributed by atoms with Gasteiger partial charge in [0.05, 0.1) is 11.4 Å². The number of hydrogen-bond acceptors (Lipinski definition) is 5. The molecule has 9 heteroatoms. The van der Waals surface area contributed by atoms with Crippen LogP contribution in [-0.2, 0) is 17.4 Å². The van der Waals surface area contributed by atoms with Crippen LogP contribution >= 0.6 is 11.3 Å². The lowest BCUT2D eigenvalue weighted by Crippen LogP contribution is -2.24. The molecule has 1 aromatic carbocycles. The summed E-state index contributed by atoms with van der Waals surface area (Å²) in [6, 6.07) is 9.57. The topological polar surface area (TPSA) is 70.8 Å². The number of thiazole rings is 1. The maximum atomic E-state index is 13.2. The predicted octanol–water partition coefficient (Wildman–Crippen LogP) is 2.62. The van der Waals surface area contributed by atoms with Crippen molar-refractivity contribution in [3.05, 3.63) is 52.7 Å². The molecular weight excluding hydrogens is 355 g/mol. The Morgan fingerprint density at radius 3 is 2.56 bits per heavy atom. The van der Waals surface area contributed by atoms with Crippen molar-refractivity contribution in [1.82, 2.24) is 14.8 Å². The van der Waals surface area contributed by atoms with Crippen molar-refractivity contribution in [1.29, 1.82) is 0 Å². The van der Waals surface area contributed by atoms with Gasteiger partial charge in [0.2, 0.25) is 5.13 Å². The highest BCUT2D eigenvalue weighted by Gasteiger charge is 2.36. The summed E-state index contributed by atoms with van der Waals surface area (Å²) in [5.41, 5.74) is 0.147. The Bertz CT molecular complexity index is 917. The minimum atomic E-state index is -4.60. The van der Waals surface area contributed by atoms with E-state index >= 15 is 0 Å². The Morgan fingerprint density at radius 1 is 1.28 bits per heavy atom. The maximum absolute atomic E-state index is 13.2. The molecule has 0 N–H and O–H groups in total. The monoisotopic (exact) mass is 366 g/mol. The summed E-state index contributed by atoms with van der Waals surface area (Å²) in [6.07, 6.45) is -5.04. The predicted molar refractivity (Wildman–Crippen MR) is 83.1 cm³/mol. The number of aliphatic carboxylic acids is 1. The lowest BCUT2D eigenvalue weighted by Gasteiger charge is -2.07. The summed E-state index contributed by atoms with van der Waals surface area (Å²) in [7, 11) is 0. The molecule has 25 heavy (non-hydrogen) atoms. The minimum absolute atomic E-state index is 0.0458. The van der Waals surface area contributed by atoms with E-state index in [4.69, 9.17) is 0 Å². The van der Waals surface area contributed by atoms with Crippen LogP contribution in [0.5, 0.6) is 0 Å². The van der Waals surface area contributed by atoms with Crippen LogP contribution in [-0.4, -0.2) is 20.7 Å². The third kappa shape index (κ3) is 3.55. The van der Waals surface area contributed by atoms with Crippen LogP contribution < -0.4 is 5.11 Å². The molecule has 0 radical (unpaired) electrons. The standard InChI is InChI=1S/C16H12F3N3O2S/c1-9-7-12(16(17,18)19)22(21-9)15-20-14(10-5-3-2-4-6-10)11(25-15)8-13(23)24/h2-7H,8H2,1H3,(H,23,24)/p-1. The van der Waals surface area contributed by atoms with Gasteiger partial charge in [-0.15, -0.1) is 0 Å². The second-order valence-electron chi connectivity index (χ2n) is 5.26. The van der Waals surface area contributed by atoms with Gasteiger partial charge < -0.3 is 9.90 Å². The summed E-state index contributed by atoms with van der Waals surface area (Å²) in [4.78, 5) is 15.5. The van der Waals surface area contributed by atoms with Crippen LogP contribution in [0.15, 0.2) is 36.4 Å². The van der Waals surface area contributed by atoms with E-state index in [0.717, 1.165) is 17.4 Å². The molecule has 5 nitrogen and oxygen atoms in total. The molecule has 2 heterocycles. The Hall–Kier alpha value is -2.68. The van der Waals surface area contributed by atoms with Gasteiger partial charge in [0.15, 0.2) is 5.69 Å². The number of benzene rings is 1. The SMILES string of the molecule is Cc1cc(C(F)(F)F)n(-c2nc(-c3ccccc3)c(CC(=O)[O-])s2)n1.